The summed E-state index contributed by atoms with van der Waals surface area (Å²) in [6, 6.07) is 8.73. The summed E-state index contributed by atoms with van der Waals surface area (Å²) in [5.41, 5.74) is 3.85. The van der Waals surface area contributed by atoms with Gasteiger partial charge >= 0.3 is 0 Å². The van der Waals surface area contributed by atoms with E-state index in [4.69, 9.17) is 11.3 Å². The van der Waals surface area contributed by atoms with E-state index in [0.717, 1.165) is 12.8 Å². The number of oxime groups is 1. The zero-order chi connectivity index (χ0) is 12.8. The van der Waals surface area contributed by atoms with Gasteiger partial charge in [0.25, 0.3) is 0 Å². The van der Waals surface area contributed by atoms with E-state index < -0.39 is 0 Å². The highest BCUT2D eigenvalue weighted by atomic mass is 16.6. The molecule has 2 heteroatoms. The fourth-order valence-electron chi connectivity index (χ4n) is 2.40. The molecule has 0 saturated heterocycles. The number of aryl methyl sites for hydroxylation is 1. The van der Waals surface area contributed by atoms with Crippen LogP contribution in [0.5, 0.6) is 0 Å². The molecule has 1 aliphatic rings. The molecule has 0 N–H and O–H groups in total. The van der Waals surface area contributed by atoms with E-state index >= 15 is 0 Å². The van der Waals surface area contributed by atoms with Gasteiger partial charge in [-0.25, -0.2) is 0 Å². The molecule has 0 radical (unpaired) electrons. The number of rotatable bonds is 4. The quantitative estimate of drug-likeness (QED) is 0.450. The van der Waals surface area contributed by atoms with Crippen LogP contribution in [0.25, 0.3) is 0 Å². The maximum Gasteiger partial charge on any atom is 0.177 e. The largest absolute Gasteiger partial charge is 0.383 e. The molecule has 1 aromatic carbocycles. The fraction of sp³-hybridized carbons (Fsp3) is 0.438. The van der Waals surface area contributed by atoms with Gasteiger partial charge in [-0.05, 0) is 38.2 Å². The Hall–Kier alpha value is -1.75. The van der Waals surface area contributed by atoms with Gasteiger partial charge < -0.3 is 4.84 Å². The number of nitrogens with zero attached hydrogens (tertiary/aromatic N) is 1. The number of hydrogen-bond acceptors (Lipinski definition) is 2. The van der Waals surface area contributed by atoms with Gasteiger partial charge in [-0.15, -0.1) is 6.42 Å². The van der Waals surface area contributed by atoms with Crippen molar-refractivity contribution in [2.24, 2.45) is 11.1 Å². The Balaban J connectivity index is 1.97. The van der Waals surface area contributed by atoms with E-state index in [1.165, 1.54) is 29.7 Å². The zero-order valence-electron chi connectivity index (χ0n) is 10.9. The van der Waals surface area contributed by atoms with E-state index in [1.54, 1.807) is 0 Å². The molecule has 0 aromatic heterocycles. The Morgan fingerprint density at radius 1 is 1.39 bits per heavy atom. The van der Waals surface area contributed by atoms with Gasteiger partial charge in [0.15, 0.2) is 6.61 Å². The molecule has 1 saturated carbocycles. The highest BCUT2D eigenvalue weighted by Crippen LogP contribution is 2.26. The molecule has 0 spiro atoms. The third kappa shape index (κ3) is 3.37. The summed E-state index contributed by atoms with van der Waals surface area (Å²) in [6.45, 7) is 2.38. The van der Waals surface area contributed by atoms with Crippen molar-refractivity contribution in [3.63, 3.8) is 0 Å². The van der Waals surface area contributed by atoms with Crippen molar-refractivity contribution in [2.75, 3.05) is 6.61 Å². The molecule has 1 aromatic rings. The van der Waals surface area contributed by atoms with E-state index in [2.05, 4.69) is 42.3 Å². The molecule has 0 aliphatic heterocycles. The van der Waals surface area contributed by atoms with Gasteiger partial charge in [0.05, 0.1) is 5.71 Å². The van der Waals surface area contributed by atoms with Crippen LogP contribution in [0.15, 0.2) is 29.4 Å². The van der Waals surface area contributed by atoms with Crippen molar-refractivity contribution in [3.8, 4) is 12.3 Å². The smallest absolute Gasteiger partial charge is 0.177 e. The van der Waals surface area contributed by atoms with Crippen LogP contribution in [-0.4, -0.2) is 12.3 Å². The molecule has 1 atom stereocenters. The number of benzene rings is 1. The maximum atomic E-state index is 5.14. The minimum atomic E-state index is 0.265. The van der Waals surface area contributed by atoms with Crippen LogP contribution >= 0.6 is 0 Å². The van der Waals surface area contributed by atoms with Gasteiger partial charge in [0, 0.05) is 5.92 Å². The molecule has 2 nitrogen and oxygen atoms in total. The minimum absolute atomic E-state index is 0.265. The van der Waals surface area contributed by atoms with Crippen molar-refractivity contribution in [3.05, 3.63) is 35.4 Å². The Morgan fingerprint density at radius 3 is 2.89 bits per heavy atom. The van der Waals surface area contributed by atoms with E-state index in [-0.39, 0.29) is 6.61 Å². The van der Waals surface area contributed by atoms with Crippen LogP contribution < -0.4 is 0 Å². The van der Waals surface area contributed by atoms with Gasteiger partial charge in [-0.3, -0.25) is 0 Å². The van der Waals surface area contributed by atoms with E-state index in [9.17, 15) is 0 Å². The van der Waals surface area contributed by atoms with Crippen LogP contribution in [0.1, 0.15) is 30.4 Å². The van der Waals surface area contributed by atoms with E-state index in [0.29, 0.717) is 5.92 Å². The first-order chi connectivity index (χ1) is 8.79. The van der Waals surface area contributed by atoms with Crippen molar-refractivity contribution in [1.29, 1.82) is 0 Å². The Kier molecular flexibility index (Phi) is 4.41. The first-order valence-corrected chi connectivity index (χ1v) is 6.47. The lowest BCUT2D eigenvalue weighted by Gasteiger charge is -2.10. The molecule has 1 fully saturated rings. The van der Waals surface area contributed by atoms with Gasteiger partial charge in [-0.1, -0.05) is 40.9 Å². The Labute approximate surface area is 109 Å². The van der Waals surface area contributed by atoms with Crippen LogP contribution in [-0.2, 0) is 11.3 Å². The highest BCUT2D eigenvalue weighted by Gasteiger charge is 2.23. The normalized spacial score (nSPS) is 20.9. The third-order valence-electron chi connectivity index (χ3n) is 3.39. The lowest BCUT2D eigenvalue weighted by Crippen LogP contribution is -2.11. The van der Waals surface area contributed by atoms with Crippen molar-refractivity contribution < 1.29 is 4.84 Å². The Bertz CT molecular complexity index is 453. The summed E-state index contributed by atoms with van der Waals surface area (Å²) < 4.78 is 0. The SMILES string of the molecule is C#CCO/N=C1\CCCC1Cc1ccc(C)cc1. The topological polar surface area (TPSA) is 21.6 Å². The maximum absolute atomic E-state index is 5.14. The van der Waals surface area contributed by atoms with E-state index in [1.807, 2.05) is 0 Å². The molecule has 2 rings (SSSR count). The predicted octanol–water partition coefficient (Wildman–Crippen LogP) is 3.34. The summed E-state index contributed by atoms with van der Waals surface area (Å²) in [4.78, 5) is 5.11. The summed E-state index contributed by atoms with van der Waals surface area (Å²) >= 11 is 0. The standard InChI is InChI=1S/C16H19NO/c1-3-11-18-17-16-6-4-5-15(16)12-14-9-7-13(2)8-10-14/h1,7-10,15H,4-6,11-12H2,2H3/b17-16+. The van der Waals surface area contributed by atoms with Gasteiger partial charge in [0.1, 0.15) is 0 Å². The second-order valence-corrected chi connectivity index (χ2v) is 4.84. The molecule has 0 amide bonds. The molecule has 94 valence electrons. The molecular formula is C16H19NO. The monoisotopic (exact) mass is 241 g/mol. The van der Waals surface area contributed by atoms with Gasteiger partial charge in [-0.2, -0.15) is 0 Å². The fourth-order valence-corrected chi connectivity index (χ4v) is 2.40. The van der Waals surface area contributed by atoms with Crippen LogP contribution in [0.2, 0.25) is 0 Å². The lowest BCUT2D eigenvalue weighted by molar-refractivity contribution is 0.177. The summed E-state index contributed by atoms with van der Waals surface area (Å²) in [6.07, 6.45) is 9.64. The van der Waals surface area contributed by atoms with Crippen LogP contribution in [0, 0.1) is 25.2 Å². The molecule has 0 heterocycles. The minimum Gasteiger partial charge on any atom is -0.383 e. The molecule has 18 heavy (non-hydrogen) atoms. The van der Waals surface area contributed by atoms with Gasteiger partial charge in [0.2, 0.25) is 0 Å². The van der Waals surface area contributed by atoms with Crippen LogP contribution in [0.3, 0.4) is 0 Å². The predicted molar refractivity (Wildman–Crippen MR) is 74.4 cm³/mol. The Morgan fingerprint density at radius 2 is 2.17 bits per heavy atom. The number of terminal acetylenes is 1. The molecule has 1 aliphatic carbocycles. The summed E-state index contributed by atoms with van der Waals surface area (Å²) in [7, 11) is 0. The average molecular weight is 241 g/mol. The highest BCUT2D eigenvalue weighted by molar-refractivity contribution is 5.88. The second-order valence-electron chi connectivity index (χ2n) is 4.84. The first-order valence-electron chi connectivity index (χ1n) is 6.47. The molecule has 0 bridgehead atoms. The average Bonchev–Trinajstić information content (AvgIpc) is 2.80. The molecular weight excluding hydrogens is 222 g/mol. The summed E-state index contributed by atoms with van der Waals surface area (Å²) in [5.74, 6) is 2.95. The summed E-state index contributed by atoms with van der Waals surface area (Å²) in [5, 5.41) is 4.18. The molecule has 1 unspecified atom stereocenters. The van der Waals surface area contributed by atoms with Crippen molar-refractivity contribution >= 4 is 5.71 Å². The lowest BCUT2D eigenvalue weighted by atomic mass is 9.96. The number of hydrogen-bond donors (Lipinski definition) is 0. The van der Waals surface area contributed by atoms with Crippen molar-refractivity contribution in [2.45, 2.75) is 32.6 Å². The zero-order valence-corrected chi connectivity index (χ0v) is 10.9. The van der Waals surface area contributed by atoms with Crippen molar-refractivity contribution in [1.82, 2.24) is 0 Å². The third-order valence-corrected chi connectivity index (χ3v) is 3.39. The first kappa shape index (κ1) is 12.7. The second kappa shape index (κ2) is 6.26. The van der Waals surface area contributed by atoms with Crippen LogP contribution in [0.4, 0.5) is 0 Å².